The van der Waals surface area contributed by atoms with E-state index >= 15 is 0 Å². The third-order valence-electron chi connectivity index (χ3n) is 2.21. The number of benzene rings is 1. The van der Waals surface area contributed by atoms with Crippen molar-refractivity contribution in [3.8, 4) is 0 Å². The normalized spacial score (nSPS) is 11.3. The Balaban J connectivity index is 2.31. The molecule has 0 heteroatoms. The third-order valence-corrected chi connectivity index (χ3v) is 2.21. The van der Waals surface area contributed by atoms with Crippen molar-refractivity contribution >= 4 is 0 Å². The Morgan fingerprint density at radius 2 is 1.80 bits per heavy atom. The van der Waals surface area contributed by atoms with Crippen LogP contribution in [0.1, 0.15) is 17.5 Å². The zero-order chi connectivity index (χ0) is 10.9. The molecular formula is C15H18. The molecular weight excluding hydrogens is 180 g/mol. The third kappa shape index (κ3) is 5.02. The zero-order valence-electron chi connectivity index (χ0n) is 9.32. The molecule has 0 aliphatic heterocycles. The molecule has 15 heavy (non-hydrogen) atoms. The highest BCUT2D eigenvalue weighted by atomic mass is 13.9. The van der Waals surface area contributed by atoms with Crippen LogP contribution in [-0.2, 0) is 6.42 Å². The van der Waals surface area contributed by atoms with Gasteiger partial charge in [-0.1, -0.05) is 66.8 Å². The fourth-order valence-electron chi connectivity index (χ4n) is 1.32. The Morgan fingerprint density at radius 3 is 2.47 bits per heavy atom. The summed E-state index contributed by atoms with van der Waals surface area (Å²) < 4.78 is 0. The van der Waals surface area contributed by atoms with Crippen LogP contribution in [0.15, 0.2) is 61.2 Å². The lowest BCUT2D eigenvalue weighted by atomic mass is 10.1. The van der Waals surface area contributed by atoms with E-state index in [0.717, 1.165) is 12.8 Å². The van der Waals surface area contributed by atoms with E-state index in [0.29, 0.717) is 0 Å². The first-order valence-electron chi connectivity index (χ1n) is 5.32. The molecule has 0 aromatic heterocycles. The van der Waals surface area contributed by atoms with Gasteiger partial charge < -0.3 is 0 Å². The summed E-state index contributed by atoms with van der Waals surface area (Å²) in [5, 5.41) is 0. The minimum Gasteiger partial charge on any atom is -0.0991 e. The lowest BCUT2D eigenvalue weighted by molar-refractivity contribution is 1.00. The minimum atomic E-state index is 1.09. The molecule has 0 aliphatic rings. The molecule has 0 bridgehead atoms. The maximum Gasteiger partial charge on any atom is -0.0244 e. The van der Waals surface area contributed by atoms with E-state index < -0.39 is 0 Å². The SMILES string of the molecule is C=C/C=C\C=C/CCc1ccc(C)cc1. The van der Waals surface area contributed by atoms with E-state index in [9.17, 15) is 0 Å². The average Bonchev–Trinajstić information content (AvgIpc) is 2.26. The minimum absolute atomic E-state index is 1.09. The van der Waals surface area contributed by atoms with Gasteiger partial charge in [0.25, 0.3) is 0 Å². The van der Waals surface area contributed by atoms with E-state index in [4.69, 9.17) is 0 Å². The molecule has 0 saturated heterocycles. The van der Waals surface area contributed by atoms with Crippen LogP contribution in [0.5, 0.6) is 0 Å². The quantitative estimate of drug-likeness (QED) is 0.621. The molecule has 78 valence electrons. The lowest BCUT2D eigenvalue weighted by Gasteiger charge is -1.98. The van der Waals surface area contributed by atoms with Crippen molar-refractivity contribution in [2.24, 2.45) is 0 Å². The molecule has 0 aliphatic carbocycles. The molecule has 1 aromatic rings. The molecule has 0 heterocycles. The summed E-state index contributed by atoms with van der Waals surface area (Å²) in [6.45, 7) is 5.73. The molecule has 0 fully saturated rings. The molecule has 1 aromatic carbocycles. The van der Waals surface area contributed by atoms with Crippen molar-refractivity contribution in [1.82, 2.24) is 0 Å². The van der Waals surface area contributed by atoms with Crippen molar-refractivity contribution in [2.45, 2.75) is 19.8 Å². The number of allylic oxidation sites excluding steroid dienone is 5. The highest BCUT2D eigenvalue weighted by molar-refractivity contribution is 5.21. The summed E-state index contributed by atoms with van der Waals surface area (Å²) in [5.41, 5.74) is 2.72. The summed E-state index contributed by atoms with van der Waals surface area (Å²) in [5.74, 6) is 0. The first kappa shape index (κ1) is 11.5. The smallest absolute Gasteiger partial charge is 0.0244 e. The number of rotatable bonds is 5. The van der Waals surface area contributed by atoms with Gasteiger partial charge in [-0.25, -0.2) is 0 Å². The fraction of sp³-hybridized carbons (Fsp3) is 0.200. The van der Waals surface area contributed by atoms with Gasteiger partial charge in [-0.05, 0) is 25.3 Å². The van der Waals surface area contributed by atoms with Gasteiger partial charge in [-0.2, -0.15) is 0 Å². The Morgan fingerprint density at radius 1 is 1.07 bits per heavy atom. The molecule has 0 radical (unpaired) electrons. The Labute approximate surface area is 92.6 Å². The van der Waals surface area contributed by atoms with Gasteiger partial charge >= 0.3 is 0 Å². The van der Waals surface area contributed by atoms with Crippen molar-refractivity contribution in [3.63, 3.8) is 0 Å². The molecule has 0 unspecified atom stereocenters. The summed E-state index contributed by atoms with van der Waals surface area (Å²) in [7, 11) is 0. The highest BCUT2D eigenvalue weighted by Crippen LogP contribution is 2.05. The van der Waals surface area contributed by atoms with Gasteiger partial charge in [-0.3, -0.25) is 0 Å². The van der Waals surface area contributed by atoms with Crippen LogP contribution in [0, 0.1) is 6.92 Å². The maximum absolute atomic E-state index is 3.61. The molecule has 0 nitrogen and oxygen atoms in total. The van der Waals surface area contributed by atoms with Crippen molar-refractivity contribution in [1.29, 1.82) is 0 Å². The predicted molar refractivity (Wildman–Crippen MR) is 68.0 cm³/mol. The van der Waals surface area contributed by atoms with Gasteiger partial charge in [0.15, 0.2) is 0 Å². The van der Waals surface area contributed by atoms with Crippen LogP contribution < -0.4 is 0 Å². The van der Waals surface area contributed by atoms with Gasteiger partial charge in [0, 0.05) is 0 Å². The average molecular weight is 198 g/mol. The standard InChI is InChI=1S/C15H18/c1-3-4-5-6-7-8-9-15-12-10-14(2)11-13-15/h3-7,10-13H,1,8-9H2,2H3/b5-4-,7-6-. The van der Waals surface area contributed by atoms with Crippen LogP contribution in [-0.4, -0.2) is 0 Å². The first-order chi connectivity index (χ1) is 7.33. The largest absolute Gasteiger partial charge is 0.0991 e. The topological polar surface area (TPSA) is 0 Å². The molecule has 0 saturated carbocycles. The second-order valence-electron chi connectivity index (χ2n) is 3.57. The molecule has 0 N–H and O–H groups in total. The first-order valence-corrected chi connectivity index (χ1v) is 5.32. The van der Waals surface area contributed by atoms with E-state index in [-0.39, 0.29) is 0 Å². The highest BCUT2D eigenvalue weighted by Gasteiger charge is 1.89. The summed E-state index contributed by atoms with van der Waals surface area (Å²) >= 11 is 0. The van der Waals surface area contributed by atoms with Crippen LogP contribution in [0.2, 0.25) is 0 Å². The van der Waals surface area contributed by atoms with Crippen LogP contribution in [0.3, 0.4) is 0 Å². The van der Waals surface area contributed by atoms with Crippen molar-refractivity contribution < 1.29 is 0 Å². The van der Waals surface area contributed by atoms with E-state index in [1.54, 1.807) is 6.08 Å². The zero-order valence-corrected chi connectivity index (χ0v) is 9.32. The fourth-order valence-corrected chi connectivity index (χ4v) is 1.32. The van der Waals surface area contributed by atoms with E-state index in [1.807, 2.05) is 12.2 Å². The molecule has 0 atom stereocenters. The summed E-state index contributed by atoms with van der Waals surface area (Å²) in [4.78, 5) is 0. The van der Waals surface area contributed by atoms with E-state index in [2.05, 4.69) is 49.9 Å². The van der Waals surface area contributed by atoms with Gasteiger partial charge in [-0.15, -0.1) is 0 Å². The Kier molecular flexibility index (Phi) is 5.24. The summed E-state index contributed by atoms with van der Waals surface area (Å²) in [6.07, 6.45) is 12.2. The van der Waals surface area contributed by atoms with E-state index in [1.165, 1.54) is 11.1 Å². The van der Waals surface area contributed by atoms with Gasteiger partial charge in [0.2, 0.25) is 0 Å². The van der Waals surface area contributed by atoms with Gasteiger partial charge in [0.1, 0.15) is 0 Å². The second kappa shape index (κ2) is 6.83. The Bertz CT molecular complexity index is 339. The van der Waals surface area contributed by atoms with Crippen LogP contribution in [0.4, 0.5) is 0 Å². The van der Waals surface area contributed by atoms with Crippen molar-refractivity contribution in [3.05, 3.63) is 72.4 Å². The lowest BCUT2D eigenvalue weighted by Crippen LogP contribution is -1.82. The van der Waals surface area contributed by atoms with Crippen LogP contribution >= 0.6 is 0 Å². The second-order valence-corrected chi connectivity index (χ2v) is 3.57. The number of hydrogen-bond donors (Lipinski definition) is 0. The number of aryl methyl sites for hydroxylation is 2. The monoisotopic (exact) mass is 198 g/mol. The van der Waals surface area contributed by atoms with Gasteiger partial charge in [0.05, 0.1) is 0 Å². The predicted octanol–water partition coefficient (Wildman–Crippen LogP) is 4.23. The molecule has 0 spiro atoms. The molecule has 1 rings (SSSR count). The summed E-state index contributed by atoms with van der Waals surface area (Å²) in [6, 6.07) is 8.72. The number of hydrogen-bond acceptors (Lipinski definition) is 0. The van der Waals surface area contributed by atoms with Crippen molar-refractivity contribution in [2.75, 3.05) is 0 Å². The van der Waals surface area contributed by atoms with Crippen LogP contribution in [0.25, 0.3) is 0 Å². The maximum atomic E-state index is 3.61. The molecule has 0 amide bonds. The Hall–Kier alpha value is -1.56.